The van der Waals surface area contributed by atoms with Crippen LogP contribution in [0.4, 0.5) is 10.5 Å². The highest BCUT2D eigenvalue weighted by molar-refractivity contribution is 9.10. The molecule has 2 aliphatic rings. The third-order valence-corrected chi connectivity index (χ3v) is 6.17. The molecule has 0 unspecified atom stereocenters. The lowest BCUT2D eigenvalue weighted by atomic mass is 10.1. The van der Waals surface area contributed by atoms with Gasteiger partial charge in [-0.15, -0.1) is 0 Å². The molecule has 0 aliphatic carbocycles. The number of imide groups is 2. The van der Waals surface area contributed by atoms with E-state index in [1.807, 2.05) is 19.9 Å². The third kappa shape index (κ3) is 5.60. The first-order valence-corrected chi connectivity index (χ1v) is 11.8. The van der Waals surface area contributed by atoms with Crippen LogP contribution in [0.1, 0.15) is 16.7 Å². The maximum atomic E-state index is 13.1. The smallest absolute Gasteiger partial charge is 0.335 e. The van der Waals surface area contributed by atoms with E-state index in [2.05, 4.69) is 21.2 Å². The molecule has 2 aromatic rings. The van der Waals surface area contributed by atoms with Gasteiger partial charge in [0.25, 0.3) is 17.7 Å². The lowest BCUT2D eigenvalue weighted by Crippen LogP contribution is -2.54. The number of hydrogen-bond donors (Lipinski definition) is 1. The topological polar surface area (TPSA) is 105 Å². The molecule has 0 aromatic heterocycles. The Bertz CT molecular complexity index is 1220. The van der Waals surface area contributed by atoms with Crippen LogP contribution in [0.2, 0.25) is 0 Å². The van der Waals surface area contributed by atoms with Crippen molar-refractivity contribution >= 4 is 51.4 Å². The van der Waals surface area contributed by atoms with Crippen LogP contribution in [0.5, 0.6) is 5.75 Å². The number of benzene rings is 2. The van der Waals surface area contributed by atoms with Crippen LogP contribution >= 0.6 is 15.9 Å². The van der Waals surface area contributed by atoms with Gasteiger partial charge >= 0.3 is 6.03 Å². The molecule has 4 rings (SSSR count). The Morgan fingerprint density at radius 2 is 1.77 bits per heavy atom. The molecule has 2 aliphatic heterocycles. The number of hydrogen-bond acceptors (Lipinski definition) is 6. The number of nitrogens with one attached hydrogen (secondary N) is 1. The van der Waals surface area contributed by atoms with Crippen LogP contribution in [-0.2, 0) is 19.1 Å². The van der Waals surface area contributed by atoms with Crippen LogP contribution in [0.15, 0.2) is 46.4 Å². The number of amides is 5. The Labute approximate surface area is 210 Å². The molecule has 0 atom stereocenters. The van der Waals surface area contributed by atoms with E-state index in [1.54, 1.807) is 35.2 Å². The zero-order valence-corrected chi connectivity index (χ0v) is 20.9. The van der Waals surface area contributed by atoms with Gasteiger partial charge in [-0.3, -0.25) is 19.7 Å². The average Bonchev–Trinajstić information content (AvgIpc) is 2.81. The number of aryl methyl sites for hydroxylation is 2. The normalized spacial score (nSPS) is 17.6. The summed E-state index contributed by atoms with van der Waals surface area (Å²) in [7, 11) is 0. The van der Waals surface area contributed by atoms with E-state index in [9.17, 15) is 19.2 Å². The molecule has 2 saturated heterocycles. The van der Waals surface area contributed by atoms with Crippen LogP contribution in [0.3, 0.4) is 0 Å². The fraction of sp³-hybridized carbons (Fsp3) is 0.280. The van der Waals surface area contributed by atoms with Crippen molar-refractivity contribution in [2.45, 2.75) is 13.8 Å². The SMILES string of the molecule is Cc1cc(C)cc(N2C(=O)NC(=O)/C(=C\c3ccc(OCC(=O)N4CCOCC4)c(Br)c3)C2=O)c1. The molecule has 5 amide bonds. The van der Waals surface area contributed by atoms with Crippen molar-refractivity contribution in [1.29, 1.82) is 0 Å². The van der Waals surface area contributed by atoms with E-state index in [1.165, 1.54) is 6.08 Å². The minimum atomic E-state index is -0.794. The van der Waals surface area contributed by atoms with Crippen molar-refractivity contribution in [3.05, 3.63) is 63.1 Å². The van der Waals surface area contributed by atoms with Crippen LogP contribution < -0.4 is 15.0 Å². The molecule has 0 radical (unpaired) electrons. The van der Waals surface area contributed by atoms with Crippen molar-refractivity contribution in [2.24, 2.45) is 0 Å². The molecular formula is C25H24BrN3O6. The number of nitrogens with zero attached hydrogens (tertiary/aromatic N) is 2. The number of barbiturate groups is 1. The van der Waals surface area contributed by atoms with Crippen molar-refractivity contribution in [3.63, 3.8) is 0 Å². The van der Waals surface area contributed by atoms with E-state index in [0.717, 1.165) is 16.0 Å². The standard InChI is InChI=1S/C25H24BrN3O6/c1-15-9-16(2)11-18(10-15)29-24(32)19(23(31)27-25(29)33)12-17-3-4-21(20(26)13-17)35-14-22(30)28-5-7-34-8-6-28/h3-4,9-13H,5-8,14H2,1-2H3,(H,27,31,33)/b19-12+. The molecule has 35 heavy (non-hydrogen) atoms. The average molecular weight is 542 g/mol. The van der Waals surface area contributed by atoms with Gasteiger partial charge in [0.05, 0.1) is 23.4 Å². The van der Waals surface area contributed by atoms with Crippen LogP contribution in [-0.4, -0.2) is 61.6 Å². The van der Waals surface area contributed by atoms with Crippen molar-refractivity contribution in [1.82, 2.24) is 10.2 Å². The summed E-state index contributed by atoms with van der Waals surface area (Å²) in [5, 5.41) is 2.23. The van der Waals surface area contributed by atoms with E-state index in [4.69, 9.17) is 9.47 Å². The summed E-state index contributed by atoms with van der Waals surface area (Å²) < 4.78 is 11.4. The van der Waals surface area contributed by atoms with Crippen LogP contribution in [0.25, 0.3) is 6.08 Å². The van der Waals surface area contributed by atoms with Gasteiger partial charge in [-0.1, -0.05) is 12.1 Å². The van der Waals surface area contributed by atoms with Crippen LogP contribution in [0, 0.1) is 13.8 Å². The molecule has 0 saturated carbocycles. The first-order valence-electron chi connectivity index (χ1n) is 11.0. The fourth-order valence-corrected chi connectivity index (χ4v) is 4.42. The number of carbonyl (C=O) groups excluding carboxylic acids is 4. The number of urea groups is 1. The molecule has 9 nitrogen and oxygen atoms in total. The highest BCUT2D eigenvalue weighted by atomic mass is 79.9. The van der Waals surface area contributed by atoms with Crippen molar-refractivity contribution in [3.8, 4) is 5.75 Å². The van der Waals surface area contributed by atoms with Crippen molar-refractivity contribution < 1.29 is 28.7 Å². The Balaban J connectivity index is 1.52. The monoisotopic (exact) mass is 541 g/mol. The summed E-state index contributed by atoms with van der Waals surface area (Å²) in [6.07, 6.45) is 1.41. The molecule has 2 heterocycles. The summed E-state index contributed by atoms with van der Waals surface area (Å²) in [6, 6.07) is 9.51. The number of ether oxygens (including phenoxy) is 2. The summed E-state index contributed by atoms with van der Waals surface area (Å²) in [5.41, 5.74) is 2.52. The number of morpholine rings is 1. The highest BCUT2D eigenvalue weighted by Gasteiger charge is 2.37. The first-order chi connectivity index (χ1) is 16.7. The number of halogens is 1. The Morgan fingerprint density at radius 3 is 2.43 bits per heavy atom. The quantitative estimate of drug-likeness (QED) is 0.460. The van der Waals surface area contributed by atoms with E-state index in [-0.39, 0.29) is 18.1 Å². The molecule has 0 spiro atoms. The molecule has 1 N–H and O–H groups in total. The second kappa shape index (κ2) is 10.4. The van der Waals surface area contributed by atoms with Gasteiger partial charge in [0.2, 0.25) is 0 Å². The van der Waals surface area contributed by atoms with Gasteiger partial charge in [-0.2, -0.15) is 0 Å². The Hall–Kier alpha value is -3.50. The lowest BCUT2D eigenvalue weighted by Gasteiger charge is -2.27. The second-order valence-electron chi connectivity index (χ2n) is 8.28. The summed E-state index contributed by atoms with van der Waals surface area (Å²) >= 11 is 3.41. The Kier molecular flexibility index (Phi) is 7.32. The maximum absolute atomic E-state index is 13.1. The second-order valence-corrected chi connectivity index (χ2v) is 9.13. The van der Waals surface area contributed by atoms with Gasteiger partial charge in [-0.25, -0.2) is 9.69 Å². The number of anilines is 1. The molecular weight excluding hydrogens is 518 g/mol. The summed E-state index contributed by atoms with van der Waals surface area (Å²) in [6.45, 7) is 5.70. The number of carbonyl (C=O) groups is 4. The zero-order chi connectivity index (χ0) is 25.1. The predicted molar refractivity (Wildman–Crippen MR) is 132 cm³/mol. The highest BCUT2D eigenvalue weighted by Crippen LogP contribution is 2.29. The summed E-state index contributed by atoms with van der Waals surface area (Å²) in [5.74, 6) is -1.17. The predicted octanol–water partition coefficient (Wildman–Crippen LogP) is 2.97. The van der Waals surface area contributed by atoms with E-state index in [0.29, 0.717) is 47.8 Å². The Morgan fingerprint density at radius 1 is 1.09 bits per heavy atom. The van der Waals surface area contributed by atoms with Gasteiger partial charge in [0.15, 0.2) is 6.61 Å². The molecule has 2 fully saturated rings. The van der Waals surface area contributed by atoms with Gasteiger partial charge in [-0.05, 0) is 76.8 Å². The molecule has 10 heteroatoms. The largest absolute Gasteiger partial charge is 0.483 e. The lowest BCUT2D eigenvalue weighted by molar-refractivity contribution is -0.137. The van der Waals surface area contributed by atoms with E-state index >= 15 is 0 Å². The number of rotatable bonds is 5. The van der Waals surface area contributed by atoms with E-state index < -0.39 is 17.8 Å². The van der Waals surface area contributed by atoms with Gasteiger partial charge in [0.1, 0.15) is 11.3 Å². The first kappa shape index (κ1) is 24.6. The zero-order valence-electron chi connectivity index (χ0n) is 19.3. The van der Waals surface area contributed by atoms with Crippen molar-refractivity contribution in [2.75, 3.05) is 37.8 Å². The molecule has 0 bridgehead atoms. The fourth-order valence-electron chi connectivity index (χ4n) is 3.91. The maximum Gasteiger partial charge on any atom is 0.335 e. The van der Waals surface area contributed by atoms with Gasteiger partial charge in [0, 0.05) is 13.1 Å². The minimum absolute atomic E-state index is 0.118. The molecule has 2 aromatic carbocycles. The van der Waals surface area contributed by atoms with Gasteiger partial charge < -0.3 is 14.4 Å². The molecule has 182 valence electrons. The summed E-state index contributed by atoms with van der Waals surface area (Å²) in [4.78, 5) is 53.0. The minimum Gasteiger partial charge on any atom is -0.483 e. The third-order valence-electron chi connectivity index (χ3n) is 5.55.